The van der Waals surface area contributed by atoms with Gasteiger partial charge in [0, 0.05) is 5.56 Å². The Morgan fingerprint density at radius 2 is 1.75 bits per heavy atom. The third-order valence-corrected chi connectivity index (χ3v) is 3.38. The number of alkyl halides is 2. The zero-order chi connectivity index (χ0) is 16.5. The van der Waals surface area contributed by atoms with Gasteiger partial charge in [-0.05, 0) is 30.3 Å². The van der Waals surface area contributed by atoms with Crippen LogP contribution in [0.4, 0.5) is 8.78 Å². The average molecular weight is 332 g/mol. The molecule has 6 nitrogen and oxygen atoms in total. The van der Waals surface area contributed by atoms with Crippen LogP contribution >= 0.6 is 0 Å². The van der Waals surface area contributed by atoms with Gasteiger partial charge in [-0.25, -0.2) is 0 Å². The Morgan fingerprint density at radius 3 is 2.62 bits per heavy atom. The van der Waals surface area contributed by atoms with Crippen LogP contribution in [0.25, 0.3) is 22.9 Å². The molecule has 0 spiro atoms. The van der Waals surface area contributed by atoms with E-state index in [1.54, 1.807) is 36.4 Å². The van der Waals surface area contributed by atoms with E-state index in [1.807, 2.05) is 0 Å². The fourth-order valence-electron chi connectivity index (χ4n) is 2.32. The summed E-state index contributed by atoms with van der Waals surface area (Å²) in [5.74, 6) is 1.49. The van der Waals surface area contributed by atoms with Crippen molar-refractivity contribution < 1.29 is 27.4 Å². The van der Waals surface area contributed by atoms with Gasteiger partial charge in [-0.15, -0.1) is 10.2 Å². The molecule has 0 aliphatic carbocycles. The summed E-state index contributed by atoms with van der Waals surface area (Å²) in [5.41, 5.74) is 0.919. The van der Waals surface area contributed by atoms with Crippen LogP contribution in [-0.2, 0) is 0 Å². The lowest BCUT2D eigenvalue weighted by Crippen LogP contribution is -2.03. The second kappa shape index (κ2) is 5.80. The molecule has 0 fully saturated rings. The van der Waals surface area contributed by atoms with Crippen molar-refractivity contribution in [1.82, 2.24) is 10.2 Å². The Balaban J connectivity index is 1.68. The molecule has 0 radical (unpaired) electrons. The molecule has 0 atom stereocenters. The van der Waals surface area contributed by atoms with E-state index >= 15 is 0 Å². The maximum absolute atomic E-state index is 12.5. The van der Waals surface area contributed by atoms with Gasteiger partial charge in [-0.2, -0.15) is 8.78 Å². The van der Waals surface area contributed by atoms with E-state index in [0.29, 0.717) is 17.1 Å². The maximum Gasteiger partial charge on any atom is 0.387 e. The SMILES string of the molecule is FC(F)Oc1ccccc1-c1nnc(-c2ccc3c(c2)OCO3)o1. The molecular weight excluding hydrogens is 322 g/mol. The second-order valence-electron chi connectivity index (χ2n) is 4.86. The van der Waals surface area contributed by atoms with E-state index in [2.05, 4.69) is 14.9 Å². The van der Waals surface area contributed by atoms with Crippen molar-refractivity contribution in [3.8, 4) is 40.2 Å². The quantitative estimate of drug-likeness (QED) is 0.725. The van der Waals surface area contributed by atoms with Gasteiger partial charge in [-0.3, -0.25) is 0 Å². The number of hydrogen-bond donors (Lipinski definition) is 0. The van der Waals surface area contributed by atoms with E-state index in [9.17, 15) is 8.78 Å². The van der Waals surface area contributed by atoms with Crippen LogP contribution in [0.3, 0.4) is 0 Å². The molecule has 2 heterocycles. The molecule has 0 bridgehead atoms. The van der Waals surface area contributed by atoms with Gasteiger partial charge >= 0.3 is 6.61 Å². The summed E-state index contributed by atoms with van der Waals surface area (Å²) in [5, 5.41) is 7.86. The number of rotatable bonds is 4. The number of aromatic nitrogens is 2. The Kier molecular flexibility index (Phi) is 3.49. The van der Waals surface area contributed by atoms with E-state index in [4.69, 9.17) is 13.9 Å². The van der Waals surface area contributed by atoms with Gasteiger partial charge in [-0.1, -0.05) is 12.1 Å². The third kappa shape index (κ3) is 2.62. The molecule has 3 aromatic rings. The van der Waals surface area contributed by atoms with Crippen LogP contribution in [0.2, 0.25) is 0 Å². The molecule has 0 N–H and O–H groups in total. The van der Waals surface area contributed by atoms with Crippen molar-refractivity contribution >= 4 is 0 Å². The Labute approximate surface area is 134 Å². The Bertz CT molecular complexity index is 882. The van der Waals surface area contributed by atoms with Crippen LogP contribution in [-0.4, -0.2) is 23.6 Å². The number of benzene rings is 2. The summed E-state index contributed by atoms with van der Waals surface area (Å²) in [6.07, 6.45) is 0. The predicted octanol–water partition coefficient (Wildman–Crippen LogP) is 3.73. The van der Waals surface area contributed by atoms with Crippen molar-refractivity contribution in [2.24, 2.45) is 0 Å². The molecule has 2 aromatic carbocycles. The standard InChI is InChI=1S/C16H10F2N2O4/c17-16(18)23-11-4-2-1-3-10(11)15-20-19-14(24-15)9-5-6-12-13(7-9)22-8-21-12/h1-7,16H,8H2. The second-order valence-corrected chi connectivity index (χ2v) is 4.86. The van der Waals surface area contributed by atoms with Gasteiger partial charge in [0.1, 0.15) is 5.75 Å². The van der Waals surface area contributed by atoms with Gasteiger partial charge in [0.05, 0.1) is 5.56 Å². The zero-order valence-electron chi connectivity index (χ0n) is 12.1. The van der Waals surface area contributed by atoms with E-state index < -0.39 is 6.61 Å². The smallest absolute Gasteiger partial charge is 0.387 e. The Hall–Kier alpha value is -3.16. The van der Waals surface area contributed by atoms with E-state index in [1.165, 1.54) is 6.07 Å². The first-order valence-electron chi connectivity index (χ1n) is 6.98. The largest absolute Gasteiger partial charge is 0.454 e. The van der Waals surface area contributed by atoms with Crippen molar-refractivity contribution in [3.63, 3.8) is 0 Å². The first kappa shape index (κ1) is 14.4. The molecule has 8 heteroatoms. The highest BCUT2D eigenvalue weighted by molar-refractivity contribution is 5.65. The zero-order valence-corrected chi connectivity index (χ0v) is 12.1. The number of hydrogen-bond acceptors (Lipinski definition) is 6. The molecule has 0 amide bonds. The Morgan fingerprint density at radius 1 is 0.958 bits per heavy atom. The van der Waals surface area contributed by atoms with Crippen LogP contribution in [0.15, 0.2) is 46.9 Å². The highest BCUT2D eigenvalue weighted by Crippen LogP contribution is 2.37. The summed E-state index contributed by atoms with van der Waals surface area (Å²) in [4.78, 5) is 0. The third-order valence-electron chi connectivity index (χ3n) is 3.38. The minimum absolute atomic E-state index is 0.0339. The lowest BCUT2D eigenvalue weighted by Gasteiger charge is -2.07. The summed E-state index contributed by atoms with van der Waals surface area (Å²) in [7, 11) is 0. The fourth-order valence-corrected chi connectivity index (χ4v) is 2.32. The molecular formula is C16H10F2N2O4. The van der Waals surface area contributed by atoms with Gasteiger partial charge < -0.3 is 18.6 Å². The summed E-state index contributed by atoms with van der Waals surface area (Å²) >= 11 is 0. The van der Waals surface area contributed by atoms with Crippen LogP contribution in [0.1, 0.15) is 0 Å². The van der Waals surface area contributed by atoms with Crippen LogP contribution < -0.4 is 14.2 Å². The molecule has 24 heavy (non-hydrogen) atoms. The molecule has 122 valence electrons. The number of ether oxygens (including phenoxy) is 3. The molecule has 1 aliphatic rings. The monoisotopic (exact) mass is 332 g/mol. The van der Waals surface area contributed by atoms with Crippen molar-refractivity contribution in [1.29, 1.82) is 0 Å². The summed E-state index contributed by atoms with van der Waals surface area (Å²) in [6, 6.07) is 11.4. The molecule has 0 saturated carbocycles. The van der Waals surface area contributed by atoms with Gasteiger partial charge in [0.2, 0.25) is 12.7 Å². The fraction of sp³-hybridized carbons (Fsp3) is 0.125. The van der Waals surface area contributed by atoms with Gasteiger partial charge in [0.25, 0.3) is 5.89 Å². The van der Waals surface area contributed by atoms with Crippen molar-refractivity contribution in [3.05, 3.63) is 42.5 Å². The normalized spacial score (nSPS) is 12.6. The minimum atomic E-state index is -2.94. The lowest BCUT2D eigenvalue weighted by molar-refractivity contribution is -0.0495. The molecule has 0 unspecified atom stereocenters. The van der Waals surface area contributed by atoms with Crippen LogP contribution in [0, 0.1) is 0 Å². The highest BCUT2D eigenvalue weighted by Gasteiger charge is 2.19. The number of nitrogens with zero attached hydrogens (tertiary/aromatic N) is 2. The van der Waals surface area contributed by atoms with Gasteiger partial charge in [0.15, 0.2) is 11.5 Å². The highest BCUT2D eigenvalue weighted by atomic mass is 19.3. The van der Waals surface area contributed by atoms with Crippen LogP contribution in [0.5, 0.6) is 17.2 Å². The summed E-state index contributed by atoms with van der Waals surface area (Å²) in [6.45, 7) is -2.78. The average Bonchev–Trinajstić information content (AvgIpc) is 3.23. The lowest BCUT2D eigenvalue weighted by atomic mass is 10.2. The summed E-state index contributed by atoms with van der Waals surface area (Å²) < 4.78 is 45.6. The predicted molar refractivity (Wildman–Crippen MR) is 77.9 cm³/mol. The van der Waals surface area contributed by atoms with Crippen molar-refractivity contribution in [2.75, 3.05) is 6.79 Å². The first-order chi connectivity index (χ1) is 11.7. The molecule has 0 saturated heterocycles. The first-order valence-corrected chi connectivity index (χ1v) is 6.98. The molecule has 1 aliphatic heterocycles. The topological polar surface area (TPSA) is 66.6 Å². The number of para-hydroxylation sites is 1. The van der Waals surface area contributed by atoms with Crippen molar-refractivity contribution in [2.45, 2.75) is 6.61 Å². The number of fused-ring (bicyclic) bond motifs is 1. The minimum Gasteiger partial charge on any atom is -0.454 e. The molecule has 4 rings (SSSR count). The van der Waals surface area contributed by atoms with E-state index in [0.717, 1.165) is 0 Å². The maximum atomic E-state index is 12.5. The number of halogens is 2. The molecule has 1 aromatic heterocycles. The van der Waals surface area contributed by atoms with E-state index in [-0.39, 0.29) is 29.9 Å².